The molecule has 11 heteroatoms. The van der Waals surface area contributed by atoms with Crippen molar-refractivity contribution >= 4 is 23.2 Å². The number of rotatable bonds is 6. The van der Waals surface area contributed by atoms with E-state index in [-0.39, 0.29) is 17.6 Å². The smallest absolute Gasteiger partial charge is 0.496 e. The molecule has 0 aliphatic carbocycles. The number of anilines is 2. The summed E-state index contributed by atoms with van der Waals surface area (Å²) in [4.78, 5) is 36.9. The van der Waals surface area contributed by atoms with Crippen molar-refractivity contribution in [1.82, 2.24) is 9.97 Å². The van der Waals surface area contributed by atoms with Crippen LogP contribution < -0.4 is 19.3 Å². The Bertz CT molecular complexity index is 2570. The normalized spacial score (nSPS) is 15.2. The van der Waals surface area contributed by atoms with Crippen LogP contribution in [-0.2, 0) is 35.3 Å². The first-order valence-electron chi connectivity index (χ1n) is 18.9. The third-order valence-electron chi connectivity index (χ3n) is 11.1. The van der Waals surface area contributed by atoms with Gasteiger partial charge in [-0.05, 0) is 119 Å². The SMILES string of the molecule is COc1ccccc1-c1cncc(-c2cc3c4c(c2)CCN4C(=O)CC3)c1.O=C1CCc2cc(-c3cncc(-c4cccc(OC(F)(F)F)c4)c3)cc3c2N1CC3. The van der Waals surface area contributed by atoms with Crippen molar-refractivity contribution in [3.05, 3.63) is 132 Å². The first kappa shape index (κ1) is 36.2. The van der Waals surface area contributed by atoms with Gasteiger partial charge in [-0.3, -0.25) is 19.6 Å². The van der Waals surface area contributed by atoms with E-state index in [0.717, 1.165) is 94.8 Å². The summed E-state index contributed by atoms with van der Waals surface area (Å²) in [6.07, 6.45) is 6.83. The summed E-state index contributed by atoms with van der Waals surface area (Å²) in [5, 5.41) is 0. The van der Waals surface area contributed by atoms with Gasteiger partial charge in [-0.15, -0.1) is 13.2 Å². The van der Waals surface area contributed by atoms with Crippen molar-refractivity contribution in [3.63, 3.8) is 0 Å². The molecule has 0 atom stereocenters. The Morgan fingerprint density at radius 3 is 1.61 bits per heavy atom. The van der Waals surface area contributed by atoms with Crippen molar-refractivity contribution in [2.75, 3.05) is 30.0 Å². The molecule has 0 fully saturated rings. The molecular weight excluding hydrogens is 730 g/mol. The first-order valence-corrected chi connectivity index (χ1v) is 18.9. The number of hydrogen-bond acceptors (Lipinski definition) is 6. The molecular formula is C46H37F3N4O4. The highest BCUT2D eigenvalue weighted by molar-refractivity contribution is 6.00. The fourth-order valence-corrected chi connectivity index (χ4v) is 8.51. The second-order valence-corrected chi connectivity index (χ2v) is 14.6. The predicted molar refractivity (Wildman–Crippen MR) is 212 cm³/mol. The second-order valence-electron chi connectivity index (χ2n) is 14.6. The summed E-state index contributed by atoms with van der Waals surface area (Å²) in [5.74, 6) is 1.01. The molecule has 0 saturated carbocycles. The summed E-state index contributed by atoms with van der Waals surface area (Å²) in [6, 6.07) is 26.6. The van der Waals surface area contributed by atoms with Crippen molar-refractivity contribution in [2.45, 2.75) is 44.9 Å². The molecule has 4 aliphatic rings. The number of hydrogen-bond donors (Lipinski definition) is 0. The highest BCUT2D eigenvalue weighted by Gasteiger charge is 2.33. The Hall–Kier alpha value is -6.49. The van der Waals surface area contributed by atoms with Crippen molar-refractivity contribution in [2.24, 2.45) is 0 Å². The van der Waals surface area contributed by atoms with Crippen LogP contribution in [0.3, 0.4) is 0 Å². The number of methoxy groups -OCH3 is 1. The van der Waals surface area contributed by atoms with Crippen LogP contribution in [0.2, 0.25) is 0 Å². The highest BCUT2D eigenvalue weighted by Crippen LogP contribution is 2.42. The molecule has 286 valence electrons. The third kappa shape index (κ3) is 7.09. The molecule has 6 aromatic rings. The van der Waals surface area contributed by atoms with E-state index in [2.05, 4.69) is 51.1 Å². The van der Waals surface area contributed by atoms with Crippen molar-refractivity contribution in [1.29, 1.82) is 0 Å². The lowest BCUT2D eigenvalue weighted by Crippen LogP contribution is -2.32. The number of halogens is 3. The number of alkyl halides is 3. The van der Waals surface area contributed by atoms with E-state index in [0.29, 0.717) is 24.0 Å². The minimum atomic E-state index is -4.74. The van der Waals surface area contributed by atoms with Gasteiger partial charge >= 0.3 is 6.36 Å². The second kappa shape index (κ2) is 14.5. The molecule has 0 bridgehead atoms. The van der Waals surface area contributed by atoms with Gasteiger partial charge in [0, 0.05) is 78.5 Å². The van der Waals surface area contributed by atoms with E-state index in [1.54, 1.807) is 25.6 Å². The maximum absolute atomic E-state index is 12.5. The van der Waals surface area contributed by atoms with E-state index in [1.165, 1.54) is 34.9 Å². The molecule has 0 radical (unpaired) electrons. The molecule has 0 saturated heterocycles. The van der Waals surface area contributed by atoms with Gasteiger partial charge in [0.2, 0.25) is 11.8 Å². The monoisotopic (exact) mass is 766 g/mol. The van der Waals surface area contributed by atoms with Gasteiger partial charge in [0.1, 0.15) is 11.5 Å². The Labute approximate surface area is 327 Å². The topological polar surface area (TPSA) is 84.9 Å². The van der Waals surface area contributed by atoms with Crippen LogP contribution in [0.4, 0.5) is 24.5 Å². The van der Waals surface area contributed by atoms with Gasteiger partial charge in [0.15, 0.2) is 0 Å². The Morgan fingerprint density at radius 1 is 0.544 bits per heavy atom. The van der Waals surface area contributed by atoms with Gasteiger partial charge in [-0.2, -0.15) is 0 Å². The Kier molecular flexibility index (Phi) is 9.23. The van der Waals surface area contributed by atoms with E-state index >= 15 is 0 Å². The largest absolute Gasteiger partial charge is 0.573 e. The fourth-order valence-electron chi connectivity index (χ4n) is 8.51. The lowest BCUT2D eigenvalue weighted by Gasteiger charge is -2.25. The number of carbonyl (C=O) groups excluding carboxylic acids is 2. The summed E-state index contributed by atoms with van der Waals surface area (Å²) >= 11 is 0. The fraction of sp³-hybridized carbons (Fsp3) is 0.217. The Morgan fingerprint density at radius 2 is 1.05 bits per heavy atom. The number of amides is 2. The zero-order chi connectivity index (χ0) is 39.3. The van der Waals surface area contributed by atoms with Crippen molar-refractivity contribution < 1.29 is 32.2 Å². The first-order chi connectivity index (χ1) is 27.6. The zero-order valence-corrected chi connectivity index (χ0v) is 31.1. The van der Waals surface area contributed by atoms with E-state index in [9.17, 15) is 22.8 Å². The van der Waals surface area contributed by atoms with E-state index in [4.69, 9.17) is 4.74 Å². The van der Waals surface area contributed by atoms with Gasteiger partial charge in [-0.1, -0.05) is 30.3 Å². The molecule has 8 nitrogen and oxygen atoms in total. The lowest BCUT2D eigenvalue weighted by molar-refractivity contribution is -0.274. The number of benzene rings is 4. The molecule has 4 aliphatic heterocycles. The Balaban J connectivity index is 0.000000149. The minimum absolute atomic E-state index is 0.179. The third-order valence-corrected chi connectivity index (χ3v) is 11.1. The van der Waals surface area contributed by atoms with Crippen LogP contribution in [0.5, 0.6) is 11.5 Å². The predicted octanol–water partition coefficient (Wildman–Crippen LogP) is 9.41. The van der Waals surface area contributed by atoms with Crippen LogP contribution in [0, 0.1) is 0 Å². The summed E-state index contributed by atoms with van der Waals surface area (Å²) in [7, 11) is 1.69. The van der Waals surface area contributed by atoms with Crippen LogP contribution >= 0.6 is 0 Å². The minimum Gasteiger partial charge on any atom is -0.496 e. The number of para-hydroxylation sites is 1. The van der Waals surface area contributed by atoms with E-state index < -0.39 is 6.36 Å². The quantitative estimate of drug-likeness (QED) is 0.168. The molecule has 6 heterocycles. The average molecular weight is 767 g/mol. The molecule has 10 rings (SSSR count). The number of ether oxygens (including phenoxy) is 2. The van der Waals surface area contributed by atoms with Crippen LogP contribution in [0.25, 0.3) is 44.5 Å². The number of aromatic nitrogens is 2. The highest BCUT2D eigenvalue weighted by atomic mass is 19.4. The van der Waals surface area contributed by atoms with Gasteiger partial charge in [0.05, 0.1) is 18.5 Å². The number of carbonyl (C=O) groups is 2. The van der Waals surface area contributed by atoms with Crippen LogP contribution in [0.1, 0.15) is 35.1 Å². The number of aryl methyl sites for hydroxylation is 2. The molecule has 0 unspecified atom stereocenters. The zero-order valence-electron chi connectivity index (χ0n) is 31.1. The molecule has 2 aromatic heterocycles. The summed E-state index contributed by atoms with van der Waals surface area (Å²) < 4.78 is 47.2. The summed E-state index contributed by atoms with van der Waals surface area (Å²) in [5.41, 5.74) is 14.6. The van der Waals surface area contributed by atoms with Gasteiger partial charge < -0.3 is 19.3 Å². The van der Waals surface area contributed by atoms with Gasteiger partial charge in [0.25, 0.3) is 0 Å². The van der Waals surface area contributed by atoms with Crippen molar-refractivity contribution in [3.8, 4) is 56.0 Å². The average Bonchev–Trinajstić information content (AvgIpc) is 3.87. The molecule has 0 N–H and O–H groups in total. The molecule has 4 aromatic carbocycles. The van der Waals surface area contributed by atoms with E-state index in [1.807, 2.05) is 46.5 Å². The standard InChI is InChI=1S/C23H17F3N2O2.C23H20N2O2/c24-23(25,26)30-20-3-1-2-14(11-20)18-10-19(13-27-12-18)17-8-15-4-5-21(29)28-7-6-16(9-17)22(15)28;1-27-21-5-3-2-4-20(21)19-12-18(13-24-14-19)17-10-15-6-7-22(26)25-9-8-16(11-17)23(15)25/h1-3,8-13H,4-7H2;2-5,10-14H,6-9H2,1H3. The lowest BCUT2D eigenvalue weighted by atomic mass is 9.93. The van der Waals surface area contributed by atoms with Crippen LogP contribution in [0.15, 0.2) is 110 Å². The maximum Gasteiger partial charge on any atom is 0.573 e. The summed E-state index contributed by atoms with van der Waals surface area (Å²) in [6.45, 7) is 1.53. The number of pyridine rings is 2. The molecule has 2 amide bonds. The molecule has 0 spiro atoms. The maximum atomic E-state index is 12.5. The van der Waals surface area contributed by atoms with Gasteiger partial charge in [-0.25, -0.2) is 0 Å². The van der Waals surface area contributed by atoms with Crippen LogP contribution in [-0.4, -0.2) is 48.3 Å². The molecule has 57 heavy (non-hydrogen) atoms. The number of nitrogens with zero attached hydrogens (tertiary/aromatic N) is 4.